The molecule has 6 rings (SSSR count). The lowest BCUT2D eigenvalue weighted by atomic mass is 9.48. The molecule has 28 heavy (non-hydrogen) atoms. The van der Waals surface area contributed by atoms with Crippen molar-refractivity contribution >= 4 is 11.5 Å². The number of methoxy groups -OCH3 is 1. The molecular weight excluding hydrogens is 346 g/mol. The normalized spacial score (nSPS) is 36.2. The van der Waals surface area contributed by atoms with Crippen LogP contribution in [0.4, 0.5) is 0 Å². The lowest BCUT2D eigenvalue weighted by molar-refractivity contribution is -0.138. The van der Waals surface area contributed by atoms with E-state index in [1.807, 2.05) is 6.08 Å². The Labute approximate surface area is 168 Å². The Morgan fingerprint density at radius 2 is 1.79 bits per heavy atom. The molecule has 4 aliphatic carbocycles. The number of allylic oxidation sites excluding steroid dienone is 1. The van der Waals surface area contributed by atoms with Gasteiger partial charge in [0.15, 0.2) is 5.78 Å². The van der Waals surface area contributed by atoms with Gasteiger partial charge in [0, 0.05) is 35.4 Å². The minimum absolute atomic E-state index is 0.0383. The highest BCUT2D eigenvalue weighted by Crippen LogP contribution is 2.60. The van der Waals surface area contributed by atoms with Crippen LogP contribution >= 0.6 is 0 Å². The third kappa shape index (κ3) is 3.12. The van der Waals surface area contributed by atoms with E-state index in [-0.39, 0.29) is 11.0 Å². The number of ketones is 1. The molecule has 0 unspecified atom stereocenters. The highest BCUT2D eigenvalue weighted by Gasteiger charge is 2.54. The summed E-state index contributed by atoms with van der Waals surface area (Å²) in [6.45, 7) is 5.05. The smallest absolute Gasteiger partial charge is 0.163 e. The molecule has 1 aliphatic heterocycles. The van der Waals surface area contributed by atoms with Crippen molar-refractivity contribution in [2.45, 2.75) is 70.9 Å². The SMILES string of the molecule is COCc1ccc2c(c1)/C(=C/C(=O)C13CC4CC(CC(C4)C1)C3)NC(C)(C)C2. The molecule has 1 heterocycles. The van der Waals surface area contributed by atoms with Crippen molar-refractivity contribution in [2.24, 2.45) is 23.2 Å². The number of nitrogens with one attached hydrogen (secondary N) is 1. The summed E-state index contributed by atoms with van der Waals surface area (Å²) in [5, 5.41) is 3.68. The first-order valence-corrected chi connectivity index (χ1v) is 11.0. The van der Waals surface area contributed by atoms with Crippen LogP contribution in [-0.2, 0) is 22.6 Å². The Hall–Kier alpha value is -1.61. The molecule has 4 fully saturated rings. The van der Waals surface area contributed by atoms with Crippen molar-refractivity contribution in [3.8, 4) is 0 Å². The molecule has 1 N–H and O–H groups in total. The predicted molar refractivity (Wildman–Crippen MR) is 112 cm³/mol. The number of ether oxygens (including phenoxy) is 1. The van der Waals surface area contributed by atoms with Crippen molar-refractivity contribution < 1.29 is 9.53 Å². The molecule has 3 heteroatoms. The maximum Gasteiger partial charge on any atom is 0.163 e. The van der Waals surface area contributed by atoms with Crippen LogP contribution in [0.25, 0.3) is 5.70 Å². The van der Waals surface area contributed by atoms with Gasteiger partial charge in [-0.05, 0) is 93.7 Å². The van der Waals surface area contributed by atoms with E-state index in [1.165, 1.54) is 30.4 Å². The van der Waals surface area contributed by atoms with Crippen molar-refractivity contribution in [1.82, 2.24) is 5.32 Å². The minimum Gasteiger partial charge on any atom is -0.380 e. The second kappa shape index (κ2) is 6.45. The van der Waals surface area contributed by atoms with Crippen LogP contribution < -0.4 is 5.32 Å². The quantitative estimate of drug-likeness (QED) is 0.758. The highest BCUT2D eigenvalue weighted by molar-refractivity contribution is 6.01. The van der Waals surface area contributed by atoms with Crippen molar-refractivity contribution in [2.75, 3.05) is 7.11 Å². The molecule has 1 aromatic carbocycles. The summed E-state index contributed by atoms with van der Waals surface area (Å²) >= 11 is 0. The summed E-state index contributed by atoms with van der Waals surface area (Å²) in [6.07, 6.45) is 10.4. The van der Waals surface area contributed by atoms with E-state index in [0.29, 0.717) is 12.4 Å². The number of hydrogen-bond donors (Lipinski definition) is 1. The largest absolute Gasteiger partial charge is 0.380 e. The third-order valence-corrected chi connectivity index (χ3v) is 7.72. The van der Waals surface area contributed by atoms with E-state index in [1.54, 1.807) is 7.11 Å². The first-order valence-electron chi connectivity index (χ1n) is 11.0. The monoisotopic (exact) mass is 379 g/mol. The standard InChI is InChI=1S/C25H33NO2/c1-24(2)14-20-5-4-16(15-28-3)9-21(20)22(26-24)10-23(27)25-11-17-6-18(12-25)8-19(7-17)13-25/h4-5,9-10,17-19,26H,6-8,11-15H2,1-3H3/b22-10-. The maximum absolute atomic E-state index is 13.7. The molecule has 0 radical (unpaired) electrons. The van der Waals surface area contributed by atoms with Crippen LogP contribution in [0.2, 0.25) is 0 Å². The van der Waals surface area contributed by atoms with Gasteiger partial charge in [-0.1, -0.05) is 12.1 Å². The van der Waals surface area contributed by atoms with Gasteiger partial charge in [-0.3, -0.25) is 4.79 Å². The Morgan fingerprint density at radius 3 is 2.39 bits per heavy atom. The van der Waals surface area contributed by atoms with Gasteiger partial charge in [0.1, 0.15) is 0 Å². The molecule has 0 atom stereocenters. The fraction of sp³-hybridized carbons (Fsp3) is 0.640. The van der Waals surface area contributed by atoms with Crippen LogP contribution in [-0.4, -0.2) is 18.4 Å². The summed E-state index contributed by atoms with van der Waals surface area (Å²) in [7, 11) is 1.73. The number of benzene rings is 1. The van der Waals surface area contributed by atoms with Gasteiger partial charge in [0.25, 0.3) is 0 Å². The van der Waals surface area contributed by atoms with Crippen molar-refractivity contribution in [3.63, 3.8) is 0 Å². The van der Waals surface area contributed by atoms with E-state index in [4.69, 9.17) is 4.74 Å². The molecule has 0 saturated heterocycles. The molecule has 5 aliphatic rings. The number of fused-ring (bicyclic) bond motifs is 1. The van der Waals surface area contributed by atoms with Gasteiger partial charge in [0.05, 0.1) is 6.61 Å². The number of carbonyl (C=O) groups is 1. The fourth-order valence-electron chi connectivity index (χ4n) is 7.05. The van der Waals surface area contributed by atoms with E-state index in [2.05, 4.69) is 37.4 Å². The van der Waals surface area contributed by atoms with Crippen molar-refractivity contribution in [1.29, 1.82) is 0 Å². The van der Waals surface area contributed by atoms with Gasteiger partial charge in [-0.15, -0.1) is 0 Å². The second-order valence-electron chi connectivity index (χ2n) is 10.7. The van der Waals surface area contributed by atoms with E-state index in [9.17, 15) is 4.79 Å². The molecule has 0 spiro atoms. The summed E-state index contributed by atoms with van der Waals surface area (Å²) in [6, 6.07) is 6.58. The second-order valence-corrected chi connectivity index (χ2v) is 10.7. The van der Waals surface area contributed by atoms with Crippen LogP contribution in [0.3, 0.4) is 0 Å². The Bertz CT molecular complexity index is 800. The lowest BCUT2D eigenvalue weighted by Crippen LogP contribution is -2.50. The molecule has 3 nitrogen and oxygen atoms in total. The first-order chi connectivity index (χ1) is 13.4. The Kier molecular flexibility index (Phi) is 4.24. The highest BCUT2D eigenvalue weighted by atomic mass is 16.5. The van der Waals surface area contributed by atoms with Crippen LogP contribution in [0.15, 0.2) is 24.3 Å². The molecule has 0 amide bonds. The third-order valence-electron chi connectivity index (χ3n) is 7.72. The van der Waals surface area contributed by atoms with E-state index < -0.39 is 0 Å². The summed E-state index contributed by atoms with van der Waals surface area (Å²) < 4.78 is 5.33. The zero-order valence-corrected chi connectivity index (χ0v) is 17.5. The predicted octanol–water partition coefficient (Wildman–Crippen LogP) is 4.88. The molecular formula is C25H33NO2. The average Bonchev–Trinajstić information content (AvgIpc) is 2.60. The maximum atomic E-state index is 13.7. The molecule has 150 valence electrons. The van der Waals surface area contributed by atoms with Crippen LogP contribution in [0.1, 0.15) is 69.1 Å². The zero-order chi connectivity index (χ0) is 19.5. The minimum atomic E-state index is -0.0741. The first kappa shape index (κ1) is 18.4. The lowest BCUT2D eigenvalue weighted by Gasteiger charge is -2.55. The van der Waals surface area contributed by atoms with Gasteiger partial charge in [-0.2, -0.15) is 0 Å². The van der Waals surface area contributed by atoms with Gasteiger partial charge >= 0.3 is 0 Å². The van der Waals surface area contributed by atoms with Gasteiger partial charge < -0.3 is 10.1 Å². The summed E-state index contributed by atoms with van der Waals surface area (Å²) in [5.41, 5.74) is 4.58. The van der Waals surface area contributed by atoms with Crippen LogP contribution in [0, 0.1) is 23.2 Å². The Morgan fingerprint density at radius 1 is 1.14 bits per heavy atom. The number of rotatable bonds is 4. The summed E-state index contributed by atoms with van der Waals surface area (Å²) in [4.78, 5) is 13.7. The van der Waals surface area contributed by atoms with E-state index >= 15 is 0 Å². The number of carbonyl (C=O) groups excluding carboxylic acids is 1. The topological polar surface area (TPSA) is 38.3 Å². The van der Waals surface area contributed by atoms with Crippen LogP contribution in [0.5, 0.6) is 0 Å². The Balaban J connectivity index is 1.51. The van der Waals surface area contributed by atoms with E-state index in [0.717, 1.165) is 54.7 Å². The molecule has 4 saturated carbocycles. The number of hydrogen-bond acceptors (Lipinski definition) is 3. The molecule has 4 bridgehead atoms. The average molecular weight is 380 g/mol. The van der Waals surface area contributed by atoms with Gasteiger partial charge in [-0.25, -0.2) is 0 Å². The fourth-order valence-corrected chi connectivity index (χ4v) is 7.05. The van der Waals surface area contributed by atoms with Crippen molar-refractivity contribution in [3.05, 3.63) is 41.0 Å². The molecule has 0 aromatic heterocycles. The molecule has 1 aromatic rings. The zero-order valence-electron chi connectivity index (χ0n) is 17.5. The summed E-state index contributed by atoms with van der Waals surface area (Å²) in [5.74, 6) is 2.77. The van der Waals surface area contributed by atoms with Gasteiger partial charge in [0.2, 0.25) is 0 Å².